The van der Waals surface area contributed by atoms with Gasteiger partial charge in [0.15, 0.2) is 0 Å². The molecule has 0 spiro atoms. The summed E-state index contributed by atoms with van der Waals surface area (Å²) < 4.78 is 30.4. The van der Waals surface area contributed by atoms with Crippen LogP contribution in [0.25, 0.3) is 0 Å². The Morgan fingerprint density at radius 3 is 1.34 bits per heavy atom. The first-order valence-corrected chi connectivity index (χ1v) is 31.8. The topological polar surface area (TPSA) is 152 Å². The van der Waals surface area contributed by atoms with E-state index in [-0.39, 0.29) is 105 Å². The van der Waals surface area contributed by atoms with Crippen molar-refractivity contribution in [3.63, 3.8) is 0 Å². The third kappa shape index (κ3) is 11.4. The van der Waals surface area contributed by atoms with Crippen LogP contribution in [0.5, 0.6) is 0 Å². The summed E-state index contributed by atoms with van der Waals surface area (Å²) >= 11 is 0. The number of carbonyl (C=O) groups excluding carboxylic acids is 5. The number of aliphatic hydroxyl groups is 1. The molecule has 11 rings (SSSR count). The highest BCUT2D eigenvalue weighted by atomic mass is 16.6. The van der Waals surface area contributed by atoms with Crippen LogP contribution in [-0.4, -0.2) is 86.4 Å². The molecule has 3 aromatic rings. The number of ether oxygens (including phenoxy) is 5. The van der Waals surface area contributed by atoms with Gasteiger partial charge in [-0.3, -0.25) is 9.59 Å². The lowest BCUT2D eigenvalue weighted by atomic mass is 9.43. The minimum absolute atomic E-state index is 0.0126. The molecule has 0 aromatic heterocycles. The average Bonchev–Trinajstić information content (AvgIpc) is 4.26. The molecule has 0 saturated heterocycles. The Bertz CT molecular complexity index is 2700. The van der Waals surface area contributed by atoms with Gasteiger partial charge in [0.25, 0.3) is 0 Å². The molecule has 8 saturated carbocycles. The molecule has 8 aliphatic carbocycles. The molecule has 20 atom stereocenters. The number of methoxy groups -OCH3 is 2. The van der Waals surface area contributed by atoms with Crippen LogP contribution in [0.4, 0.5) is 0 Å². The zero-order chi connectivity index (χ0) is 58.1. The fraction of sp³-hybridized carbons (Fsp3) is 0.676. The smallest absolute Gasteiger partial charge is 0.338 e. The number of aliphatic hydroxyl groups excluding tert-OH is 1. The monoisotopic (exact) mass is 1120 g/mol. The third-order valence-corrected chi connectivity index (χ3v) is 24.4. The molecule has 1 N–H and O–H groups in total. The first-order valence-electron chi connectivity index (χ1n) is 31.8. The fourth-order valence-electron chi connectivity index (χ4n) is 20.1. The highest BCUT2D eigenvalue weighted by molar-refractivity contribution is 5.90. The summed E-state index contributed by atoms with van der Waals surface area (Å²) in [5, 5.41) is 11.6. The molecule has 0 amide bonds. The van der Waals surface area contributed by atoms with Crippen LogP contribution in [-0.2, 0) is 33.3 Å². The molecular weight excluding hydrogens is 1030 g/mol. The number of benzene rings is 3. The van der Waals surface area contributed by atoms with E-state index in [4.69, 9.17) is 23.7 Å². The lowest BCUT2D eigenvalue weighted by Gasteiger charge is -2.63. The van der Waals surface area contributed by atoms with E-state index in [1.165, 1.54) is 0 Å². The maximum absolute atomic E-state index is 13.7. The van der Waals surface area contributed by atoms with Crippen molar-refractivity contribution in [3.05, 3.63) is 108 Å². The number of hydrogen-bond acceptors (Lipinski definition) is 11. The van der Waals surface area contributed by atoms with E-state index >= 15 is 0 Å². The molecule has 11 nitrogen and oxygen atoms in total. The SMILES string of the molecule is COCCCC(C)C1CCC2C3C(C[C@H](OC(=O)c4ccccc4)[C@]12C)[C@@]1(C)CCC(=O)C[C@H]1C[C@H]3O.COCCCC(C)C1CCC2C3C(C[C@H](OC(=O)c4ccccc4)[C@]12C)[C@@]1(C)CCC(=O)C[C@H]1C[C@H]3OC(=O)c1ccccc1. The van der Waals surface area contributed by atoms with Gasteiger partial charge >= 0.3 is 17.9 Å². The van der Waals surface area contributed by atoms with Crippen molar-refractivity contribution in [3.8, 4) is 0 Å². The van der Waals surface area contributed by atoms with Gasteiger partial charge in [0.1, 0.15) is 29.9 Å². The zero-order valence-corrected chi connectivity index (χ0v) is 50.6. The number of carbonyl (C=O) groups is 5. The van der Waals surface area contributed by atoms with Gasteiger partial charge in [0.05, 0.1) is 22.8 Å². The maximum Gasteiger partial charge on any atom is 0.338 e. The summed E-state index contributed by atoms with van der Waals surface area (Å²) in [4.78, 5) is 65.9. The molecular formula is C71H96O11. The Balaban J connectivity index is 0.000000187. The van der Waals surface area contributed by atoms with Gasteiger partial charge in [-0.25, -0.2) is 14.4 Å². The van der Waals surface area contributed by atoms with E-state index in [9.17, 15) is 29.1 Å². The number of esters is 3. The van der Waals surface area contributed by atoms with Gasteiger partial charge in [0, 0.05) is 69.9 Å². The fourth-order valence-corrected chi connectivity index (χ4v) is 20.1. The first-order chi connectivity index (χ1) is 39.4. The van der Waals surface area contributed by atoms with Crippen molar-refractivity contribution < 1.29 is 52.8 Å². The van der Waals surface area contributed by atoms with Crippen LogP contribution in [0.2, 0.25) is 0 Å². The predicted molar refractivity (Wildman–Crippen MR) is 315 cm³/mol. The van der Waals surface area contributed by atoms with Crippen molar-refractivity contribution in [1.29, 1.82) is 0 Å². The lowest BCUT2D eigenvalue weighted by molar-refractivity contribution is -0.201. The molecule has 8 fully saturated rings. The highest BCUT2D eigenvalue weighted by Gasteiger charge is 2.69. The first kappa shape index (κ1) is 60.4. The highest BCUT2D eigenvalue weighted by Crippen LogP contribution is 2.71. The van der Waals surface area contributed by atoms with Crippen molar-refractivity contribution in [2.75, 3.05) is 27.4 Å². The van der Waals surface area contributed by atoms with E-state index in [0.29, 0.717) is 83.5 Å². The van der Waals surface area contributed by atoms with Crippen molar-refractivity contribution in [1.82, 2.24) is 0 Å². The summed E-state index contributed by atoms with van der Waals surface area (Å²) in [6, 6.07) is 28.0. The van der Waals surface area contributed by atoms with Crippen LogP contribution in [0.1, 0.15) is 188 Å². The lowest BCUT2D eigenvalue weighted by Crippen LogP contribution is -2.63. The largest absolute Gasteiger partial charge is 0.458 e. The minimum Gasteiger partial charge on any atom is -0.458 e. The van der Waals surface area contributed by atoms with Gasteiger partial charge in [0.2, 0.25) is 0 Å². The van der Waals surface area contributed by atoms with Gasteiger partial charge in [-0.15, -0.1) is 0 Å². The second kappa shape index (κ2) is 25.1. The maximum atomic E-state index is 13.7. The molecule has 0 bridgehead atoms. The molecule has 0 heterocycles. The van der Waals surface area contributed by atoms with Gasteiger partial charge in [-0.05, 0) is 202 Å². The van der Waals surface area contributed by atoms with E-state index in [1.807, 2.05) is 91.0 Å². The summed E-state index contributed by atoms with van der Waals surface area (Å²) in [6.45, 7) is 15.7. The Morgan fingerprint density at radius 2 is 0.915 bits per heavy atom. The van der Waals surface area contributed by atoms with E-state index in [2.05, 4.69) is 41.5 Å². The van der Waals surface area contributed by atoms with E-state index in [0.717, 1.165) is 103 Å². The molecule has 0 aliphatic heterocycles. The number of fused-ring (bicyclic) bond motifs is 10. The molecule has 0 radical (unpaired) electrons. The molecule has 446 valence electrons. The molecule has 3 aromatic carbocycles. The average molecular weight is 1130 g/mol. The van der Waals surface area contributed by atoms with Crippen LogP contribution in [0, 0.1) is 92.7 Å². The van der Waals surface area contributed by atoms with Crippen molar-refractivity contribution in [2.45, 2.75) is 182 Å². The van der Waals surface area contributed by atoms with Crippen LogP contribution in [0.15, 0.2) is 91.0 Å². The standard InChI is InChI=1S/C39H50O6.C32H46O5/c1-25(12-11-21-43-4)30-17-18-31-35-32(24-34(39(30,31)3)45-37(42)27-15-9-6-10-16-27)38(2)20-19-29(40)22-28(38)23-33(35)44-36(41)26-13-7-5-8-14-26;1-20(9-8-16-36-4)24-12-13-25-29-26(31(2)15-14-23(33)17-22(31)18-27(29)34)19-28(32(24,25)3)37-30(35)21-10-6-5-7-11-21/h5-10,13-16,25,28,30-35H,11-12,17-24H2,1-4H3;5-7,10-11,20,22,24-29,34H,8-9,12-19H2,1-4H3/t25?,28-,30?,31?,32?,33+,34-,35?,38-,39+;20?,22-,24?,25?,26?,27+,28-,29?,31-,32+/m00/s1. The molecule has 10 unspecified atom stereocenters. The molecule has 11 heteroatoms. The third-order valence-electron chi connectivity index (χ3n) is 24.4. The van der Waals surface area contributed by atoms with Crippen molar-refractivity contribution >= 4 is 29.5 Å². The normalized spacial score (nSPS) is 38.8. The second-order valence-electron chi connectivity index (χ2n) is 28.1. The summed E-state index contributed by atoms with van der Waals surface area (Å²) in [6.07, 6.45) is 14.4. The number of rotatable bonds is 16. The quantitative estimate of drug-likeness (QED) is 0.0829. The molecule has 82 heavy (non-hydrogen) atoms. The number of Topliss-reactive ketones (excluding diaryl/α,β-unsaturated/α-hetero) is 2. The zero-order valence-electron chi connectivity index (χ0n) is 50.6. The van der Waals surface area contributed by atoms with Crippen LogP contribution in [0.3, 0.4) is 0 Å². The Morgan fingerprint density at radius 1 is 0.524 bits per heavy atom. The van der Waals surface area contributed by atoms with Gasteiger partial charge in [-0.2, -0.15) is 0 Å². The van der Waals surface area contributed by atoms with E-state index < -0.39 is 0 Å². The van der Waals surface area contributed by atoms with Gasteiger partial charge in [-0.1, -0.05) is 96.1 Å². The Hall–Kier alpha value is -4.71. The van der Waals surface area contributed by atoms with E-state index in [1.54, 1.807) is 14.2 Å². The number of ketones is 2. The van der Waals surface area contributed by atoms with Crippen LogP contribution >= 0.6 is 0 Å². The summed E-state index contributed by atoms with van der Waals surface area (Å²) in [5.41, 5.74) is 1.24. The Kier molecular flexibility index (Phi) is 18.5. The van der Waals surface area contributed by atoms with Crippen LogP contribution < -0.4 is 0 Å². The second-order valence-corrected chi connectivity index (χ2v) is 28.1. The Labute approximate surface area is 489 Å². The van der Waals surface area contributed by atoms with Gasteiger partial charge < -0.3 is 28.8 Å². The molecule has 8 aliphatic rings. The van der Waals surface area contributed by atoms with Crippen molar-refractivity contribution in [2.24, 2.45) is 92.7 Å². The summed E-state index contributed by atoms with van der Waals surface area (Å²) in [5.74, 6) is 3.36. The summed E-state index contributed by atoms with van der Waals surface area (Å²) in [7, 11) is 3.51. The number of hydrogen-bond donors (Lipinski definition) is 1. The predicted octanol–water partition coefficient (Wildman–Crippen LogP) is 14.0. The minimum atomic E-state index is -0.383.